The van der Waals surface area contributed by atoms with Gasteiger partial charge in [-0.1, -0.05) is 60.7 Å². The van der Waals surface area contributed by atoms with Crippen LogP contribution in [0.25, 0.3) is 0 Å². The number of rotatable bonds is 14. The first-order chi connectivity index (χ1) is 25.1. The van der Waals surface area contributed by atoms with Crippen molar-refractivity contribution in [3.8, 4) is 5.75 Å². The molecule has 0 radical (unpaired) electrons. The highest BCUT2D eigenvalue weighted by atomic mass is 19.4. The molecule has 302 valence electrons. The highest BCUT2D eigenvalue weighted by Crippen LogP contribution is 2.63. The Balaban J connectivity index is 1.99. The lowest BCUT2D eigenvalue weighted by Crippen LogP contribution is -2.72. The Bertz CT molecular complexity index is 1850. The van der Waals surface area contributed by atoms with Crippen LogP contribution in [-0.2, 0) is 22.7 Å². The third-order valence-corrected chi connectivity index (χ3v) is 6.87. The number of hydrogen-bond acceptors (Lipinski definition) is 5. The van der Waals surface area contributed by atoms with Gasteiger partial charge < -0.3 is 14.2 Å². The SMILES string of the molecule is O=C(Nc1ccc(NC(=O)OCc2ccccc2)c(OC(F)=C(F)C(F)(F)C(F)(F)C(F)(F)C(F)(F)C(F)(F)C(F)(F)C(F)(F)F)c1)OCc1ccccc1. The maximum absolute atomic E-state index is 14.7. The number of amides is 2. The topological polar surface area (TPSA) is 85.9 Å². The van der Waals surface area contributed by atoms with Gasteiger partial charge in [0.05, 0.1) is 5.69 Å². The molecule has 0 fully saturated rings. The molecule has 0 unspecified atom stereocenters. The summed E-state index contributed by atoms with van der Waals surface area (Å²) in [4.78, 5) is 24.6. The minimum atomic E-state index is -8.77. The van der Waals surface area contributed by atoms with Gasteiger partial charge in [-0.2, -0.15) is 74.6 Å². The molecule has 2 N–H and O–H groups in total. The summed E-state index contributed by atoms with van der Waals surface area (Å²) in [5.41, 5.74) is -0.855. The average molecular weight is 822 g/mol. The molecule has 3 rings (SSSR count). The Hall–Kier alpha value is -5.45. The predicted molar refractivity (Wildman–Crippen MR) is 153 cm³/mol. The molecular formula is C31H19F17N2O5. The van der Waals surface area contributed by atoms with E-state index in [1.165, 1.54) is 36.4 Å². The molecule has 7 nitrogen and oxygen atoms in total. The van der Waals surface area contributed by atoms with Gasteiger partial charge in [0.2, 0.25) is 5.83 Å². The zero-order valence-corrected chi connectivity index (χ0v) is 26.4. The van der Waals surface area contributed by atoms with Gasteiger partial charge in [0.25, 0.3) is 0 Å². The number of allylic oxidation sites excluding steroid dienone is 1. The van der Waals surface area contributed by atoms with E-state index in [1.54, 1.807) is 29.6 Å². The molecule has 0 aromatic heterocycles. The van der Waals surface area contributed by atoms with Crippen LogP contribution in [0, 0.1) is 0 Å². The van der Waals surface area contributed by atoms with Gasteiger partial charge in [0.15, 0.2) is 5.75 Å². The summed E-state index contributed by atoms with van der Waals surface area (Å²) in [6, 6.07) is 13.1. The summed E-state index contributed by atoms with van der Waals surface area (Å²) in [7, 11) is 0. The highest BCUT2D eigenvalue weighted by molar-refractivity contribution is 5.89. The zero-order valence-electron chi connectivity index (χ0n) is 26.4. The number of halogens is 17. The van der Waals surface area contributed by atoms with Crippen LogP contribution in [0.3, 0.4) is 0 Å². The van der Waals surface area contributed by atoms with Gasteiger partial charge in [0.1, 0.15) is 13.2 Å². The third kappa shape index (κ3) is 8.77. The lowest BCUT2D eigenvalue weighted by molar-refractivity contribution is -0.451. The van der Waals surface area contributed by atoms with Crippen molar-refractivity contribution >= 4 is 23.6 Å². The molecular weight excluding hydrogens is 803 g/mol. The van der Waals surface area contributed by atoms with E-state index < -0.39 is 96.1 Å². The predicted octanol–water partition coefficient (Wildman–Crippen LogP) is 11.0. The van der Waals surface area contributed by atoms with Gasteiger partial charge in [-0.3, -0.25) is 10.6 Å². The van der Waals surface area contributed by atoms with E-state index in [1.807, 2.05) is 5.32 Å². The largest absolute Gasteiger partial charge is 0.460 e. The lowest BCUT2D eigenvalue weighted by Gasteiger charge is -2.41. The minimum Gasteiger partial charge on any atom is -0.444 e. The smallest absolute Gasteiger partial charge is 0.444 e. The summed E-state index contributed by atoms with van der Waals surface area (Å²) < 4.78 is 246. The summed E-state index contributed by atoms with van der Waals surface area (Å²) in [6.07, 6.45) is -10.7. The molecule has 0 aliphatic heterocycles. The normalized spacial score (nSPS) is 13.8. The van der Waals surface area contributed by atoms with Gasteiger partial charge in [-0.25, -0.2) is 9.59 Å². The van der Waals surface area contributed by atoms with Gasteiger partial charge >= 0.3 is 59.9 Å². The molecule has 0 bridgehead atoms. The molecule has 0 saturated heterocycles. The summed E-state index contributed by atoms with van der Waals surface area (Å²) in [6.45, 7) is -0.884. The second kappa shape index (κ2) is 15.7. The second-order valence-electron chi connectivity index (χ2n) is 10.7. The van der Waals surface area contributed by atoms with Crippen LogP contribution in [0.15, 0.2) is 90.7 Å². The molecule has 0 atom stereocenters. The summed E-state index contributed by atoms with van der Waals surface area (Å²) in [5, 5.41) is 3.70. The fraction of sp³-hybridized carbons (Fsp3) is 0.290. The van der Waals surface area contributed by atoms with Crippen LogP contribution in [-0.4, -0.2) is 53.9 Å². The van der Waals surface area contributed by atoms with Crippen molar-refractivity contribution in [2.24, 2.45) is 0 Å². The number of carbonyl (C=O) groups is 2. The van der Waals surface area contributed by atoms with Crippen molar-refractivity contribution in [1.29, 1.82) is 0 Å². The molecule has 55 heavy (non-hydrogen) atoms. The van der Waals surface area contributed by atoms with Crippen molar-refractivity contribution in [3.05, 3.63) is 102 Å². The molecule has 0 aliphatic rings. The molecule has 0 saturated carbocycles. The second-order valence-corrected chi connectivity index (χ2v) is 10.7. The number of hydrogen-bond donors (Lipinski definition) is 2. The molecule has 24 heteroatoms. The number of benzene rings is 3. The monoisotopic (exact) mass is 822 g/mol. The number of nitrogens with one attached hydrogen (secondary N) is 2. The Kier molecular flexibility index (Phi) is 12.6. The van der Waals surface area contributed by atoms with Gasteiger partial charge in [-0.05, 0) is 23.3 Å². The molecule has 2 amide bonds. The van der Waals surface area contributed by atoms with Crippen molar-refractivity contribution in [3.63, 3.8) is 0 Å². The zero-order chi connectivity index (χ0) is 41.8. The van der Waals surface area contributed by atoms with Crippen molar-refractivity contribution < 1.29 is 98.4 Å². The number of anilines is 2. The third-order valence-electron chi connectivity index (χ3n) is 6.87. The van der Waals surface area contributed by atoms with E-state index in [2.05, 4.69) is 4.74 Å². The fourth-order valence-corrected chi connectivity index (χ4v) is 3.90. The Labute approximate surface area is 295 Å². The van der Waals surface area contributed by atoms with Crippen molar-refractivity contribution in [2.45, 2.75) is 54.9 Å². The average Bonchev–Trinajstić information content (AvgIpc) is 3.10. The van der Waals surface area contributed by atoms with Crippen LogP contribution in [0.1, 0.15) is 11.1 Å². The van der Waals surface area contributed by atoms with Gasteiger partial charge in [-0.15, -0.1) is 0 Å². The quantitative estimate of drug-likeness (QED) is 0.125. The van der Waals surface area contributed by atoms with Crippen LogP contribution >= 0.6 is 0 Å². The molecule has 0 aliphatic carbocycles. The van der Waals surface area contributed by atoms with Crippen LogP contribution in [0.5, 0.6) is 5.75 Å². The van der Waals surface area contributed by atoms with E-state index in [0.29, 0.717) is 23.3 Å². The fourth-order valence-electron chi connectivity index (χ4n) is 3.90. The number of alkyl halides is 15. The highest BCUT2D eigenvalue weighted by Gasteiger charge is 2.94. The maximum Gasteiger partial charge on any atom is 0.460 e. The Morgan fingerprint density at radius 1 is 0.527 bits per heavy atom. The molecule has 3 aromatic carbocycles. The van der Waals surface area contributed by atoms with E-state index in [9.17, 15) is 84.2 Å². The maximum atomic E-state index is 14.7. The van der Waals surface area contributed by atoms with E-state index in [0.717, 1.165) is 6.07 Å². The molecule has 3 aromatic rings. The summed E-state index contributed by atoms with van der Waals surface area (Å²) in [5.74, 6) is -56.8. The van der Waals surface area contributed by atoms with Crippen LogP contribution in [0.2, 0.25) is 0 Å². The van der Waals surface area contributed by atoms with Crippen LogP contribution in [0.4, 0.5) is 95.6 Å². The van der Waals surface area contributed by atoms with E-state index >= 15 is 0 Å². The minimum absolute atomic E-state index is 0.294. The number of carbonyl (C=O) groups excluding carboxylic acids is 2. The first-order valence-corrected chi connectivity index (χ1v) is 14.3. The van der Waals surface area contributed by atoms with Crippen molar-refractivity contribution in [1.82, 2.24) is 0 Å². The Morgan fingerprint density at radius 3 is 1.40 bits per heavy atom. The van der Waals surface area contributed by atoms with E-state index in [-0.39, 0.29) is 0 Å². The molecule has 0 heterocycles. The molecule has 0 spiro atoms. The number of ether oxygens (including phenoxy) is 3. The van der Waals surface area contributed by atoms with Gasteiger partial charge in [0, 0.05) is 11.8 Å². The Morgan fingerprint density at radius 2 is 0.945 bits per heavy atom. The lowest BCUT2D eigenvalue weighted by atomic mass is 9.91. The van der Waals surface area contributed by atoms with Crippen LogP contribution < -0.4 is 15.4 Å². The first kappa shape index (κ1) is 44.0. The standard InChI is InChI=1S/C31H19F17N2O5/c32-21(25(34,35)26(36,37)27(38,39)28(40,41)29(42,43)30(44,45)31(46,47)48)22(33)55-20-13-18(49-23(51)53-14-16-7-3-1-4-8-16)11-12-19(20)50-24(52)54-15-17-9-5-2-6-10-17/h1-13H,14-15H2,(H,49,51)(H,50,52). The first-order valence-electron chi connectivity index (χ1n) is 14.3. The van der Waals surface area contributed by atoms with Crippen molar-refractivity contribution in [2.75, 3.05) is 10.6 Å². The summed E-state index contributed by atoms with van der Waals surface area (Å²) >= 11 is 0. The van der Waals surface area contributed by atoms with E-state index in [4.69, 9.17) is 9.47 Å².